The van der Waals surface area contributed by atoms with Crippen LogP contribution >= 0.6 is 11.3 Å². The lowest BCUT2D eigenvalue weighted by Crippen LogP contribution is -1.99. The van der Waals surface area contributed by atoms with Crippen molar-refractivity contribution >= 4 is 28.1 Å². The summed E-state index contributed by atoms with van der Waals surface area (Å²) < 4.78 is 5.74. The highest BCUT2D eigenvalue weighted by molar-refractivity contribution is 7.15. The number of hydrogen-bond acceptors (Lipinski definition) is 5. The van der Waals surface area contributed by atoms with Gasteiger partial charge in [0.1, 0.15) is 11.5 Å². The summed E-state index contributed by atoms with van der Waals surface area (Å²) in [6.45, 7) is 1.82. The van der Waals surface area contributed by atoms with Crippen LogP contribution in [0.15, 0.2) is 54.6 Å². The zero-order valence-corrected chi connectivity index (χ0v) is 13.8. The fourth-order valence-electron chi connectivity index (χ4n) is 2.14. The number of carboxylic acid groups (broad SMARTS) is 1. The van der Waals surface area contributed by atoms with Crippen molar-refractivity contribution in [1.82, 2.24) is 4.98 Å². The summed E-state index contributed by atoms with van der Waals surface area (Å²) in [4.78, 5) is 15.9. The average Bonchev–Trinajstić information content (AvgIpc) is 2.89. The molecular weight excluding hydrogens is 324 g/mol. The van der Waals surface area contributed by atoms with E-state index in [-0.39, 0.29) is 6.42 Å². The van der Waals surface area contributed by atoms with E-state index >= 15 is 0 Å². The van der Waals surface area contributed by atoms with E-state index in [2.05, 4.69) is 10.3 Å². The van der Waals surface area contributed by atoms with Crippen molar-refractivity contribution in [1.29, 1.82) is 0 Å². The zero-order valence-electron chi connectivity index (χ0n) is 13.0. The van der Waals surface area contributed by atoms with Crippen molar-refractivity contribution in [2.45, 2.75) is 13.3 Å². The van der Waals surface area contributed by atoms with Crippen LogP contribution in [0, 0.1) is 6.92 Å². The highest BCUT2D eigenvalue weighted by Gasteiger charge is 2.11. The molecule has 3 aromatic rings. The zero-order chi connectivity index (χ0) is 16.9. The second kappa shape index (κ2) is 7.14. The van der Waals surface area contributed by atoms with Crippen molar-refractivity contribution < 1.29 is 14.6 Å². The predicted molar refractivity (Wildman–Crippen MR) is 94.4 cm³/mol. The van der Waals surface area contributed by atoms with Crippen molar-refractivity contribution in [3.05, 3.63) is 65.2 Å². The van der Waals surface area contributed by atoms with Crippen molar-refractivity contribution in [2.75, 3.05) is 5.32 Å². The van der Waals surface area contributed by atoms with E-state index in [1.165, 1.54) is 11.3 Å². The van der Waals surface area contributed by atoms with E-state index in [0.717, 1.165) is 27.8 Å². The van der Waals surface area contributed by atoms with Crippen LogP contribution in [0.5, 0.6) is 11.5 Å². The van der Waals surface area contributed by atoms with E-state index in [0.29, 0.717) is 5.13 Å². The Morgan fingerprint density at radius 1 is 1.12 bits per heavy atom. The fourth-order valence-corrected chi connectivity index (χ4v) is 3.11. The highest BCUT2D eigenvalue weighted by Crippen LogP contribution is 2.28. The molecule has 1 aromatic heterocycles. The number of aromatic nitrogens is 1. The minimum absolute atomic E-state index is 0.00493. The quantitative estimate of drug-likeness (QED) is 0.685. The SMILES string of the molecule is Cc1nc(Nc2ccc(Oc3ccccc3)cc2)sc1CC(=O)O. The number of hydrogen-bond donors (Lipinski definition) is 2. The molecule has 0 bridgehead atoms. The molecular formula is C18H16N2O3S. The predicted octanol–water partition coefficient (Wildman–Crippen LogP) is 4.61. The van der Waals surface area contributed by atoms with Gasteiger partial charge < -0.3 is 15.2 Å². The molecule has 0 aliphatic carbocycles. The molecule has 3 rings (SSSR count). The summed E-state index contributed by atoms with van der Waals surface area (Å²) in [5.41, 5.74) is 1.61. The van der Waals surface area contributed by atoms with Gasteiger partial charge >= 0.3 is 5.97 Å². The van der Waals surface area contributed by atoms with Crippen LogP contribution in [0.3, 0.4) is 0 Å². The van der Waals surface area contributed by atoms with Crippen molar-refractivity contribution in [3.63, 3.8) is 0 Å². The van der Waals surface area contributed by atoms with E-state index in [4.69, 9.17) is 9.84 Å². The van der Waals surface area contributed by atoms with Crippen LogP contribution in [-0.4, -0.2) is 16.1 Å². The number of aryl methyl sites for hydroxylation is 1. The first kappa shape index (κ1) is 16.0. The Hall–Kier alpha value is -2.86. The molecule has 6 heteroatoms. The van der Waals surface area contributed by atoms with E-state index in [9.17, 15) is 4.79 Å². The topological polar surface area (TPSA) is 71.5 Å². The summed E-state index contributed by atoms with van der Waals surface area (Å²) in [5, 5.41) is 12.8. The Balaban J connectivity index is 1.67. The Labute approximate surface area is 143 Å². The molecule has 0 radical (unpaired) electrons. The lowest BCUT2D eigenvalue weighted by Gasteiger charge is -2.07. The summed E-state index contributed by atoms with van der Waals surface area (Å²) >= 11 is 1.36. The smallest absolute Gasteiger partial charge is 0.308 e. The van der Waals surface area contributed by atoms with Gasteiger partial charge in [-0.25, -0.2) is 4.98 Å². The molecule has 0 unspecified atom stereocenters. The van der Waals surface area contributed by atoms with Gasteiger partial charge in [-0.3, -0.25) is 4.79 Å². The molecule has 1 heterocycles. The average molecular weight is 340 g/mol. The van der Waals surface area contributed by atoms with Gasteiger partial charge in [-0.1, -0.05) is 18.2 Å². The Bertz CT molecular complexity index is 829. The molecule has 0 atom stereocenters. The van der Waals surface area contributed by atoms with Gasteiger partial charge in [0, 0.05) is 10.6 Å². The van der Waals surface area contributed by atoms with Gasteiger partial charge in [-0.2, -0.15) is 0 Å². The Morgan fingerprint density at radius 3 is 2.46 bits per heavy atom. The molecule has 5 nitrogen and oxygen atoms in total. The second-order valence-corrected chi connectivity index (χ2v) is 6.25. The fraction of sp³-hybridized carbons (Fsp3) is 0.111. The number of carbonyl (C=O) groups is 1. The number of carboxylic acids is 1. The summed E-state index contributed by atoms with van der Waals surface area (Å²) in [6, 6.07) is 17.1. The minimum Gasteiger partial charge on any atom is -0.481 e. The van der Waals surface area contributed by atoms with Crippen molar-refractivity contribution in [2.24, 2.45) is 0 Å². The van der Waals surface area contributed by atoms with E-state index in [1.807, 2.05) is 61.5 Å². The van der Waals surface area contributed by atoms with Gasteiger partial charge in [0.15, 0.2) is 5.13 Å². The molecule has 0 saturated heterocycles. The molecule has 2 N–H and O–H groups in total. The normalized spacial score (nSPS) is 10.4. The maximum absolute atomic E-state index is 10.8. The lowest BCUT2D eigenvalue weighted by molar-refractivity contribution is -0.136. The number of para-hydroxylation sites is 1. The molecule has 0 aliphatic heterocycles. The lowest BCUT2D eigenvalue weighted by atomic mass is 10.3. The van der Waals surface area contributed by atoms with Gasteiger partial charge in [-0.05, 0) is 43.3 Å². The number of anilines is 2. The van der Waals surface area contributed by atoms with Crippen molar-refractivity contribution in [3.8, 4) is 11.5 Å². The number of thiazole rings is 1. The maximum atomic E-state index is 10.8. The standard InChI is InChI=1S/C18H16N2O3S/c1-12-16(11-17(21)22)24-18(19-12)20-13-7-9-15(10-8-13)23-14-5-3-2-4-6-14/h2-10H,11H2,1H3,(H,19,20)(H,21,22). The van der Waals surface area contributed by atoms with Crippen LogP contribution in [-0.2, 0) is 11.2 Å². The van der Waals surface area contributed by atoms with Crippen LogP contribution in [0.1, 0.15) is 10.6 Å². The first-order chi connectivity index (χ1) is 11.6. The van der Waals surface area contributed by atoms with E-state index in [1.54, 1.807) is 0 Å². The summed E-state index contributed by atoms with van der Waals surface area (Å²) in [7, 11) is 0. The van der Waals surface area contributed by atoms with Crippen LogP contribution in [0.4, 0.5) is 10.8 Å². The van der Waals surface area contributed by atoms with Gasteiger partial charge in [0.05, 0.1) is 12.1 Å². The van der Waals surface area contributed by atoms with Crippen LogP contribution in [0.2, 0.25) is 0 Å². The first-order valence-electron chi connectivity index (χ1n) is 7.38. The Morgan fingerprint density at radius 2 is 1.79 bits per heavy atom. The third-order valence-electron chi connectivity index (χ3n) is 3.29. The number of rotatable bonds is 6. The highest BCUT2D eigenvalue weighted by atomic mass is 32.1. The third kappa shape index (κ3) is 4.11. The van der Waals surface area contributed by atoms with Gasteiger partial charge in [-0.15, -0.1) is 11.3 Å². The number of ether oxygens (including phenoxy) is 1. The number of nitrogens with zero attached hydrogens (tertiary/aromatic N) is 1. The molecule has 122 valence electrons. The third-order valence-corrected chi connectivity index (χ3v) is 4.36. The molecule has 2 aromatic carbocycles. The van der Waals surface area contributed by atoms with Crippen LogP contribution < -0.4 is 10.1 Å². The molecule has 0 amide bonds. The minimum atomic E-state index is -0.851. The van der Waals surface area contributed by atoms with Gasteiger partial charge in [0.25, 0.3) is 0 Å². The summed E-state index contributed by atoms with van der Waals surface area (Å²) in [5.74, 6) is 0.677. The Kier molecular flexibility index (Phi) is 4.77. The number of benzene rings is 2. The largest absolute Gasteiger partial charge is 0.481 e. The van der Waals surface area contributed by atoms with Gasteiger partial charge in [0.2, 0.25) is 0 Å². The van der Waals surface area contributed by atoms with E-state index < -0.39 is 5.97 Å². The monoisotopic (exact) mass is 340 g/mol. The number of aliphatic carboxylic acids is 1. The molecule has 0 aliphatic rings. The number of nitrogens with one attached hydrogen (secondary N) is 1. The molecule has 0 saturated carbocycles. The molecule has 0 spiro atoms. The molecule has 24 heavy (non-hydrogen) atoms. The summed E-state index contributed by atoms with van der Waals surface area (Å²) in [6.07, 6.45) is -0.00493. The van der Waals surface area contributed by atoms with Crippen LogP contribution in [0.25, 0.3) is 0 Å². The first-order valence-corrected chi connectivity index (χ1v) is 8.20. The second-order valence-electron chi connectivity index (χ2n) is 5.16. The molecule has 0 fully saturated rings. The maximum Gasteiger partial charge on any atom is 0.308 e.